The van der Waals surface area contributed by atoms with E-state index >= 15 is 0 Å². The molecular formula is C32H34ClFN2O3. The number of allylic oxidation sites excluding steroid dienone is 1. The molecule has 1 aliphatic heterocycles. The molecule has 5 nitrogen and oxygen atoms in total. The second kappa shape index (κ2) is 10.9. The van der Waals surface area contributed by atoms with Crippen LogP contribution in [0.25, 0.3) is 11.1 Å². The van der Waals surface area contributed by atoms with E-state index in [1.807, 2.05) is 26.8 Å². The highest BCUT2D eigenvalue weighted by Gasteiger charge is 2.30. The van der Waals surface area contributed by atoms with Gasteiger partial charge in [0.1, 0.15) is 17.2 Å². The summed E-state index contributed by atoms with van der Waals surface area (Å²) >= 11 is 6.55. The Morgan fingerprint density at radius 2 is 1.79 bits per heavy atom. The zero-order chi connectivity index (χ0) is 27.7. The van der Waals surface area contributed by atoms with Crippen LogP contribution < -0.4 is 10.1 Å². The number of halogens is 2. The van der Waals surface area contributed by atoms with Crippen molar-refractivity contribution in [1.82, 2.24) is 4.90 Å². The highest BCUT2D eigenvalue weighted by molar-refractivity contribution is 6.32. The lowest BCUT2D eigenvalue weighted by Gasteiger charge is -2.26. The van der Waals surface area contributed by atoms with Gasteiger partial charge in [0.15, 0.2) is 0 Å². The summed E-state index contributed by atoms with van der Waals surface area (Å²) in [5.74, 6) is 0.433. The average molecular weight is 549 g/mol. The molecule has 0 spiro atoms. The molecule has 1 atom stereocenters. The van der Waals surface area contributed by atoms with Crippen LogP contribution in [0.3, 0.4) is 0 Å². The number of hydrogen-bond donors (Lipinski definition) is 1. The molecule has 3 aromatic carbocycles. The van der Waals surface area contributed by atoms with Crippen LogP contribution in [-0.2, 0) is 11.2 Å². The number of carbonyl (C=O) groups is 1. The first-order chi connectivity index (χ1) is 18.6. The number of aryl methyl sites for hydroxylation is 1. The molecule has 1 saturated heterocycles. The van der Waals surface area contributed by atoms with Crippen molar-refractivity contribution in [2.45, 2.75) is 51.7 Å². The van der Waals surface area contributed by atoms with Gasteiger partial charge in [0.25, 0.3) is 0 Å². The molecule has 1 heterocycles. The Balaban J connectivity index is 1.43. The van der Waals surface area contributed by atoms with Gasteiger partial charge in [-0.15, -0.1) is 0 Å². The zero-order valence-electron chi connectivity index (χ0n) is 22.8. The molecule has 7 heteroatoms. The van der Waals surface area contributed by atoms with Crippen molar-refractivity contribution in [3.8, 4) is 5.75 Å². The molecule has 5 rings (SSSR count). The number of anilines is 1. The summed E-state index contributed by atoms with van der Waals surface area (Å²) in [6.45, 7) is 6.90. The van der Waals surface area contributed by atoms with Gasteiger partial charge in [0.2, 0.25) is 0 Å². The average Bonchev–Trinajstić information content (AvgIpc) is 3.36. The fourth-order valence-corrected chi connectivity index (χ4v) is 5.63. The topological polar surface area (TPSA) is 50.8 Å². The quantitative estimate of drug-likeness (QED) is 0.353. The molecule has 1 aliphatic carbocycles. The SMILES string of the molecule is COc1ccc2c(c1)C(c1ccc(N[C@H]3CCN(C(=O)OC(C)(C)C)C3)cc1)=C(c1ccc(F)cc1Cl)CC2. The summed E-state index contributed by atoms with van der Waals surface area (Å²) in [5.41, 5.74) is 6.87. The lowest BCUT2D eigenvalue weighted by molar-refractivity contribution is 0.0293. The molecule has 0 aromatic heterocycles. The van der Waals surface area contributed by atoms with Gasteiger partial charge in [-0.25, -0.2) is 9.18 Å². The smallest absolute Gasteiger partial charge is 0.410 e. The molecule has 1 N–H and O–H groups in total. The van der Waals surface area contributed by atoms with Crippen molar-refractivity contribution < 1.29 is 18.7 Å². The van der Waals surface area contributed by atoms with Crippen LogP contribution in [0.2, 0.25) is 5.02 Å². The van der Waals surface area contributed by atoms with Crippen LogP contribution in [0, 0.1) is 5.82 Å². The van der Waals surface area contributed by atoms with E-state index in [4.69, 9.17) is 21.1 Å². The molecule has 39 heavy (non-hydrogen) atoms. The second-order valence-corrected chi connectivity index (χ2v) is 11.5. The summed E-state index contributed by atoms with van der Waals surface area (Å²) in [5, 5.41) is 3.97. The van der Waals surface area contributed by atoms with Gasteiger partial charge in [-0.05, 0) is 110 Å². The van der Waals surface area contributed by atoms with Crippen LogP contribution >= 0.6 is 11.6 Å². The molecule has 1 amide bonds. The van der Waals surface area contributed by atoms with Crippen molar-refractivity contribution in [2.75, 3.05) is 25.5 Å². The molecule has 0 saturated carbocycles. The Morgan fingerprint density at radius 3 is 2.49 bits per heavy atom. The number of carbonyl (C=O) groups excluding carboxylic acids is 1. The monoisotopic (exact) mass is 548 g/mol. The molecule has 2 aliphatic rings. The van der Waals surface area contributed by atoms with Gasteiger partial charge in [0.05, 0.1) is 12.1 Å². The number of methoxy groups -OCH3 is 1. The van der Waals surface area contributed by atoms with Gasteiger partial charge >= 0.3 is 6.09 Å². The van der Waals surface area contributed by atoms with Gasteiger partial charge < -0.3 is 19.7 Å². The molecular weight excluding hydrogens is 515 g/mol. The number of benzene rings is 3. The minimum absolute atomic E-state index is 0.149. The number of amides is 1. The number of likely N-dealkylation sites (tertiary alicyclic amines) is 1. The molecule has 0 unspecified atom stereocenters. The van der Waals surface area contributed by atoms with E-state index in [0.717, 1.165) is 58.5 Å². The molecule has 0 radical (unpaired) electrons. The maximum absolute atomic E-state index is 13.9. The third-order valence-corrected chi connectivity index (χ3v) is 7.49. The maximum atomic E-state index is 13.9. The normalized spacial score (nSPS) is 17.2. The Bertz CT molecular complexity index is 1410. The fourth-order valence-electron chi connectivity index (χ4n) is 5.35. The minimum atomic E-state index is -0.508. The lowest BCUT2D eigenvalue weighted by Crippen LogP contribution is -2.36. The summed E-state index contributed by atoms with van der Waals surface area (Å²) in [4.78, 5) is 14.2. The Labute approximate surface area is 234 Å². The molecule has 3 aromatic rings. The highest BCUT2D eigenvalue weighted by Crippen LogP contribution is 2.44. The first-order valence-electron chi connectivity index (χ1n) is 13.3. The summed E-state index contributed by atoms with van der Waals surface area (Å²) < 4.78 is 24.9. The Kier molecular flexibility index (Phi) is 7.59. The van der Waals surface area contributed by atoms with E-state index in [1.54, 1.807) is 18.1 Å². The van der Waals surface area contributed by atoms with Gasteiger partial charge in [-0.3, -0.25) is 0 Å². The van der Waals surface area contributed by atoms with Crippen LogP contribution in [0.5, 0.6) is 5.75 Å². The van der Waals surface area contributed by atoms with E-state index in [1.165, 1.54) is 17.7 Å². The minimum Gasteiger partial charge on any atom is -0.497 e. The first-order valence-corrected chi connectivity index (χ1v) is 13.7. The third kappa shape index (κ3) is 6.06. The van der Waals surface area contributed by atoms with Crippen LogP contribution in [-0.4, -0.2) is 42.8 Å². The number of rotatable bonds is 5. The predicted molar refractivity (Wildman–Crippen MR) is 155 cm³/mol. The van der Waals surface area contributed by atoms with E-state index in [0.29, 0.717) is 18.1 Å². The number of nitrogens with zero attached hydrogens (tertiary/aromatic N) is 1. The van der Waals surface area contributed by atoms with E-state index in [2.05, 4.69) is 41.7 Å². The van der Waals surface area contributed by atoms with Crippen molar-refractivity contribution in [2.24, 2.45) is 0 Å². The van der Waals surface area contributed by atoms with Gasteiger partial charge in [-0.2, -0.15) is 0 Å². The Hall–Kier alpha value is -3.51. The number of nitrogens with one attached hydrogen (secondary N) is 1. The van der Waals surface area contributed by atoms with E-state index in [-0.39, 0.29) is 18.0 Å². The molecule has 1 fully saturated rings. The number of fused-ring (bicyclic) bond motifs is 1. The summed E-state index contributed by atoms with van der Waals surface area (Å²) in [7, 11) is 1.67. The second-order valence-electron chi connectivity index (χ2n) is 11.1. The largest absolute Gasteiger partial charge is 0.497 e. The zero-order valence-corrected chi connectivity index (χ0v) is 23.6. The van der Waals surface area contributed by atoms with E-state index in [9.17, 15) is 9.18 Å². The molecule has 0 bridgehead atoms. The molecule has 204 valence electrons. The highest BCUT2D eigenvalue weighted by atomic mass is 35.5. The van der Waals surface area contributed by atoms with Gasteiger partial charge in [-0.1, -0.05) is 35.9 Å². The van der Waals surface area contributed by atoms with E-state index < -0.39 is 5.60 Å². The number of ether oxygens (including phenoxy) is 2. The van der Waals surface area contributed by atoms with Crippen molar-refractivity contribution in [3.05, 3.63) is 93.8 Å². The summed E-state index contributed by atoms with van der Waals surface area (Å²) in [6, 6.07) is 19.3. The van der Waals surface area contributed by atoms with Crippen molar-refractivity contribution >= 4 is 34.5 Å². The predicted octanol–water partition coefficient (Wildman–Crippen LogP) is 7.81. The number of hydrogen-bond acceptors (Lipinski definition) is 4. The van der Waals surface area contributed by atoms with Crippen LogP contribution in [0.15, 0.2) is 60.7 Å². The van der Waals surface area contributed by atoms with Crippen LogP contribution in [0.4, 0.5) is 14.9 Å². The first kappa shape index (κ1) is 27.1. The van der Waals surface area contributed by atoms with Crippen LogP contribution in [0.1, 0.15) is 55.9 Å². The lowest BCUT2D eigenvalue weighted by atomic mass is 9.79. The van der Waals surface area contributed by atoms with Crippen molar-refractivity contribution in [1.29, 1.82) is 0 Å². The maximum Gasteiger partial charge on any atom is 0.410 e. The Morgan fingerprint density at radius 1 is 1.03 bits per heavy atom. The van der Waals surface area contributed by atoms with Crippen molar-refractivity contribution in [3.63, 3.8) is 0 Å². The fraction of sp³-hybridized carbons (Fsp3) is 0.344. The standard InChI is InChI=1S/C32H34ClFN2O3/c1-32(2,3)39-31(37)36-16-15-24(19-36)35-23-10-5-21(6-11-23)30-27(26-14-9-22(34)17-29(26)33)13-8-20-7-12-25(38-4)18-28(20)30/h5-7,9-12,14,17-18,24,35H,8,13,15-16,19H2,1-4H3/t24-/m0/s1. The summed E-state index contributed by atoms with van der Waals surface area (Å²) in [6.07, 6.45) is 2.24. The van der Waals surface area contributed by atoms with Gasteiger partial charge in [0, 0.05) is 24.8 Å². The third-order valence-electron chi connectivity index (χ3n) is 7.17.